The molecule has 9 nitrogen and oxygen atoms in total. The third kappa shape index (κ3) is 7.17. The summed E-state index contributed by atoms with van der Waals surface area (Å²) in [5.74, 6) is -1.91. The van der Waals surface area contributed by atoms with Crippen molar-refractivity contribution in [3.05, 3.63) is 71.0 Å². The molecule has 4 N–H and O–H groups in total. The Labute approximate surface area is 211 Å². The Bertz CT molecular complexity index is 1350. The lowest BCUT2D eigenvalue weighted by atomic mass is 10.1. The van der Waals surface area contributed by atoms with Crippen LogP contribution in [0.3, 0.4) is 0 Å². The minimum atomic E-state index is -3.30. The zero-order valence-corrected chi connectivity index (χ0v) is 19.5. The molecule has 2 heterocycles. The fourth-order valence-corrected chi connectivity index (χ4v) is 2.97. The van der Waals surface area contributed by atoms with E-state index in [1.54, 1.807) is 0 Å². The predicted molar refractivity (Wildman–Crippen MR) is 126 cm³/mol. The van der Waals surface area contributed by atoms with E-state index in [0.29, 0.717) is 6.08 Å². The number of benzene rings is 1. The highest BCUT2D eigenvalue weighted by Crippen LogP contribution is 2.31. The van der Waals surface area contributed by atoms with Crippen molar-refractivity contribution in [3.8, 4) is 11.1 Å². The highest BCUT2D eigenvalue weighted by Gasteiger charge is 2.19. The lowest BCUT2D eigenvalue weighted by Crippen LogP contribution is -2.21. The summed E-state index contributed by atoms with van der Waals surface area (Å²) >= 11 is 5.77. The third-order valence-electron chi connectivity index (χ3n) is 4.48. The zero-order chi connectivity index (χ0) is 27.1. The molecule has 37 heavy (non-hydrogen) atoms. The highest BCUT2D eigenvalue weighted by atomic mass is 35.5. The fourth-order valence-electron chi connectivity index (χ4n) is 2.79. The third-order valence-corrected chi connectivity index (χ3v) is 4.77. The van der Waals surface area contributed by atoms with Crippen molar-refractivity contribution in [2.75, 3.05) is 12.4 Å². The van der Waals surface area contributed by atoms with Crippen LogP contribution in [0.4, 0.5) is 39.4 Å². The van der Waals surface area contributed by atoms with Gasteiger partial charge in [0.2, 0.25) is 5.95 Å². The number of carbonyl (C=O) groups is 1. The van der Waals surface area contributed by atoms with Crippen LogP contribution in [0.25, 0.3) is 11.1 Å². The van der Waals surface area contributed by atoms with E-state index < -0.39 is 41.8 Å². The number of nitrogens with two attached hydrogens (primary N) is 1. The van der Waals surface area contributed by atoms with Crippen molar-refractivity contribution in [3.63, 3.8) is 0 Å². The smallest absolute Gasteiger partial charge is 0.280 e. The number of aliphatic imine (C=N–C) groups is 1. The molecule has 0 unspecified atom stereocenters. The summed E-state index contributed by atoms with van der Waals surface area (Å²) in [6, 6.07) is 4.96. The predicted octanol–water partition coefficient (Wildman–Crippen LogP) is 4.81. The second-order valence-electron chi connectivity index (χ2n) is 7.06. The van der Waals surface area contributed by atoms with Gasteiger partial charge in [-0.2, -0.15) is 4.98 Å². The highest BCUT2D eigenvalue weighted by molar-refractivity contribution is 6.31. The molecular weight excluding hydrogens is 525 g/mol. The van der Waals surface area contributed by atoms with Gasteiger partial charge in [0.15, 0.2) is 5.82 Å². The van der Waals surface area contributed by atoms with Crippen LogP contribution >= 0.6 is 11.6 Å². The van der Waals surface area contributed by atoms with E-state index in [9.17, 15) is 26.7 Å². The van der Waals surface area contributed by atoms with Gasteiger partial charge < -0.3 is 11.1 Å². The Balaban J connectivity index is 2.15. The quantitative estimate of drug-likeness (QED) is 0.201. The first-order valence-corrected chi connectivity index (χ1v) is 10.5. The summed E-state index contributed by atoms with van der Waals surface area (Å²) in [6.45, 7) is 0. The first-order valence-electron chi connectivity index (χ1n) is 10.1. The number of aromatic nitrogens is 3. The van der Waals surface area contributed by atoms with Crippen LogP contribution in [0.1, 0.15) is 10.4 Å². The number of nitrogens with one attached hydrogen (secondary N) is 2. The number of pyridine rings is 1. The molecule has 0 aliphatic heterocycles. The van der Waals surface area contributed by atoms with Crippen LogP contribution in [0.2, 0.25) is 5.02 Å². The SMILES string of the molecule is CONC(=O)c1cncc(-c2cnc(Nc3ccc(F)c(Cl)c3)nc2N=C(C=C(N)C(F)F)C(F)F)c1. The molecule has 0 spiro atoms. The average Bonchev–Trinajstić information content (AvgIpc) is 2.86. The van der Waals surface area contributed by atoms with Crippen LogP contribution < -0.4 is 16.5 Å². The Morgan fingerprint density at radius 2 is 1.92 bits per heavy atom. The van der Waals surface area contributed by atoms with Crippen molar-refractivity contribution in [2.24, 2.45) is 10.7 Å². The van der Waals surface area contributed by atoms with Crippen LogP contribution in [0.5, 0.6) is 0 Å². The van der Waals surface area contributed by atoms with Gasteiger partial charge in [-0.3, -0.25) is 14.6 Å². The molecule has 3 rings (SSSR count). The van der Waals surface area contributed by atoms with Gasteiger partial charge in [-0.25, -0.2) is 37.4 Å². The molecule has 0 atom stereocenters. The summed E-state index contributed by atoms with van der Waals surface area (Å²) < 4.78 is 66.5. The number of rotatable bonds is 9. The molecule has 0 aliphatic carbocycles. The van der Waals surface area contributed by atoms with E-state index in [0.717, 1.165) is 6.07 Å². The summed E-state index contributed by atoms with van der Waals surface area (Å²) in [5, 5.41) is 2.51. The molecule has 2 aromatic heterocycles. The van der Waals surface area contributed by atoms with Crippen LogP contribution in [0, 0.1) is 5.82 Å². The molecule has 0 bridgehead atoms. The zero-order valence-electron chi connectivity index (χ0n) is 18.7. The molecule has 0 aliphatic rings. The maximum atomic E-state index is 13.7. The number of amides is 1. The Morgan fingerprint density at radius 3 is 2.57 bits per heavy atom. The summed E-state index contributed by atoms with van der Waals surface area (Å²) in [5.41, 5.74) is 5.50. The van der Waals surface area contributed by atoms with Gasteiger partial charge in [0.05, 0.1) is 23.4 Å². The maximum Gasteiger partial charge on any atom is 0.280 e. The normalized spacial score (nSPS) is 12.2. The second-order valence-corrected chi connectivity index (χ2v) is 7.47. The van der Waals surface area contributed by atoms with Crippen LogP contribution in [-0.4, -0.2) is 46.5 Å². The van der Waals surface area contributed by atoms with E-state index in [4.69, 9.17) is 17.3 Å². The van der Waals surface area contributed by atoms with Crippen molar-refractivity contribution in [1.82, 2.24) is 20.4 Å². The number of carbonyl (C=O) groups excluding carboxylic acids is 1. The monoisotopic (exact) mass is 541 g/mol. The number of hydrogen-bond acceptors (Lipinski definition) is 8. The van der Waals surface area contributed by atoms with E-state index in [1.807, 2.05) is 0 Å². The first-order chi connectivity index (χ1) is 17.6. The standard InChI is InChI=1S/C22H17ClF5N7O2/c1-37-35-21(36)11-4-10(7-30-8-11)13-9-31-22(32-12-2-3-15(24)14(23)5-12)34-20(13)33-17(19(27)28)6-16(29)18(25)26/h2-9,18-19H,29H2,1H3,(H,35,36)(H,31,32,34). The van der Waals surface area contributed by atoms with Gasteiger partial charge in [-0.1, -0.05) is 11.6 Å². The second kappa shape index (κ2) is 12.2. The average molecular weight is 542 g/mol. The van der Waals surface area contributed by atoms with E-state index >= 15 is 0 Å². The molecule has 1 aromatic carbocycles. The first kappa shape index (κ1) is 27.4. The summed E-state index contributed by atoms with van der Waals surface area (Å²) in [6.07, 6.45) is -2.49. The summed E-state index contributed by atoms with van der Waals surface area (Å²) in [4.78, 5) is 32.5. The van der Waals surface area contributed by atoms with E-state index in [-0.39, 0.29) is 33.3 Å². The summed E-state index contributed by atoms with van der Waals surface area (Å²) in [7, 11) is 1.22. The molecule has 3 aromatic rings. The van der Waals surface area contributed by atoms with E-state index in [2.05, 4.69) is 35.6 Å². The largest absolute Gasteiger partial charge is 0.397 e. The Kier molecular flexibility index (Phi) is 9.03. The number of halogens is 6. The molecular formula is C22H17ClF5N7O2. The van der Waals surface area contributed by atoms with Crippen molar-refractivity contribution < 1.29 is 31.6 Å². The number of anilines is 2. The minimum absolute atomic E-state index is 0.0180. The number of nitrogens with zero attached hydrogens (tertiary/aromatic N) is 4. The number of hydrogen-bond donors (Lipinski definition) is 3. The van der Waals surface area contributed by atoms with Gasteiger partial charge >= 0.3 is 0 Å². The number of allylic oxidation sites excluding steroid dienone is 2. The Morgan fingerprint density at radius 1 is 1.16 bits per heavy atom. The van der Waals surface area contributed by atoms with Gasteiger partial charge in [0.1, 0.15) is 11.5 Å². The number of alkyl halides is 4. The molecule has 194 valence electrons. The Hall–Kier alpha value is -4.17. The molecule has 0 fully saturated rings. The van der Waals surface area contributed by atoms with Crippen LogP contribution in [0.15, 0.2) is 59.6 Å². The molecule has 0 saturated heterocycles. The van der Waals surface area contributed by atoms with E-state index in [1.165, 1.54) is 43.9 Å². The lowest BCUT2D eigenvalue weighted by molar-refractivity contribution is 0.0537. The van der Waals surface area contributed by atoms with Crippen molar-refractivity contribution in [1.29, 1.82) is 0 Å². The van der Waals surface area contributed by atoms with Gasteiger partial charge in [0, 0.05) is 35.4 Å². The topological polar surface area (TPSA) is 127 Å². The van der Waals surface area contributed by atoms with Crippen molar-refractivity contribution >= 4 is 40.7 Å². The minimum Gasteiger partial charge on any atom is -0.397 e. The van der Waals surface area contributed by atoms with Gasteiger partial charge in [-0.15, -0.1) is 0 Å². The van der Waals surface area contributed by atoms with Crippen molar-refractivity contribution in [2.45, 2.75) is 12.9 Å². The maximum absolute atomic E-state index is 13.7. The number of hydroxylamine groups is 1. The van der Waals surface area contributed by atoms with Gasteiger partial charge in [0.25, 0.3) is 18.8 Å². The van der Waals surface area contributed by atoms with Gasteiger partial charge in [-0.05, 0) is 30.3 Å². The van der Waals surface area contributed by atoms with Crippen LogP contribution in [-0.2, 0) is 4.84 Å². The molecule has 15 heteroatoms. The lowest BCUT2D eigenvalue weighted by Gasteiger charge is -2.11. The molecule has 0 saturated carbocycles. The fraction of sp³-hybridized carbons (Fsp3) is 0.136. The molecule has 0 radical (unpaired) electrons. The molecule has 1 amide bonds.